The number of H-pyrrole nitrogens is 1. The maximum atomic E-state index is 13.9. The zero-order valence-corrected chi connectivity index (χ0v) is 11.9. The molecule has 0 unspecified atom stereocenters. The maximum absolute atomic E-state index is 13.9. The van der Waals surface area contributed by atoms with Gasteiger partial charge in [-0.05, 0) is 30.3 Å². The molecule has 0 atom stereocenters. The highest BCUT2D eigenvalue weighted by atomic mass is 19.1. The van der Waals surface area contributed by atoms with Crippen LogP contribution in [-0.2, 0) is 4.74 Å². The Morgan fingerprint density at radius 3 is 2.52 bits per heavy atom. The zero-order chi connectivity index (χ0) is 16.6. The summed E-state index contributed by atoms with van der Waals surface area (Å²) in [5, 5.41) is 0. The minimum Gasteiger partial charge on any atom is -0.465 e. The van der Waals surface area contributed by atoms with Crippen LogP contribution in [0.5, 0.6) is 0 Å². The van der Waals surface area contributed by atoms with Gasteiger partial charge in [-0.15, -0.1) is 0 Å². The average molecular weight is 316 g/mol. The molecule has 0 aliphatic carbocycles. The van der Waals surface area contributed by atoms with Crippen molar-refractivity contribution < 1.29 is 18.3 Å². The fraction of sp³-hybridized carbons (Fsp3) is 0.0625. The van der Waals surface area contributed by atoms with E-state index >= 15 is 0 Å². The van der Waals surface area contributed by atoms with Crippen LogP contribution >= 0.6 is 0 Å². The number of carbonyl (C=O) groups excluding carboxylic acids is 1. The number of methoxy groups -OCH3 is 1. The lowest BCUT2D eigenvalue weighted by Crippen LogP contribution is -2.13. The second-order valence-corrected chi connectivity index (χ2v) is 4.76. The first-order chi connectivity index (χ1) is 11.0. The first-order valence-corrected chi connectivity index (χ1v) is 6.57. The zero-order valence-electron chi connectivity index (χ0n) is 11.9. The Bertz CT molecular complexity index is 965. The lowest BCUT2D eigenvalue weighted by atomic mass is 10.1. The predicted molar refractivity (Wildman–Crippen MR) is 79.1 cm³/mol. The highest BCUT2D eigenvalue weighted by Crippen LogP contribution is 2.20. The van der Waals surface area contributed by atoms with Gasteiger partial charge in [0, 0.05) is 11.6 Å². The minimum absolute atomic E-state index is 0.0416. The summed E-state index contributed by atoms with van der Waals surface area (Å²) in [6.45, 7) is 0. The third-order valence-electron chi connectivity index (χ3n) is 3.30. The third kappa shape index (κ3) is 2.68. The fourth-order valence-electron chi connectivity index (χ4n) is 2.18. The summed E-state index contributed by atoms with van der Waals surface area (Å²) in [5.41, 5.74) is -0.0333. The molecule has 23 heavy (non-hydrogen) atoms. The molecule has 7 heteroatoms. The van der Waals surface area contributed by atoms with Crippen molar-refractivity contribution in [1.29, 1.82) is 0 Å². The molecule has 0 fully saturated rings. The van der Waals surface area contributed by atoms with Gasteiger partial charge in [-0.1, -0.05) is 0 Å². The number of hydrogen-bond donors (Lipinski definition) is 1. The maximum Gasteiger partial charge on any atom is 0.340 e. The van der Waals surface area contributed by atoms with E-state index in [1.54, 1.807) is 0 Å². The summed E-state index contributed by atoms with van der Waals surface area (Å²) >= 11 is 0. The highest BCUT2D eigenvalue weighted by molar-refractivity contribution is 5.94. The molecule has 0 saturated carbocycles. The van der Waals surface area contributed by atoms with Crippen LogP contribution in [0.2, 0.25) is 0 Å². The van der Waals surface area contributed by atoms with Crippen LogP contribution in [0.3, 0.4) is 0 Å². The number of carbonyl (C=O) groups is 1. The highest BCUT2D eigenvalue weighted by Gasteiger charge is 2.16. The van der Waals surface area contributed by atoms with Crippen molar-refractivity contribution in [3.05, 3.63) is 63.9 Å². The number of aromatic amines is 1. The molecule has 1 heterocycles. The number of fused-ring (bicyclic) bond motifs is 1. The Morgan fingerprint density at radius 2 is 1.87 bits per heavy atom. The van der Waals surface area contributed by atoms with Gasteiger partial charge in [-0.25, -0.2) is 18.6 Å². The van der Waals surface area contributed by atoms with Crippen molar-refractivity contribution in [3.63, 3.8) is 0 Å². The Labute approximate surface area is 128 Å². The van der Waals surface area contributed by atoms with E-state index in [0.717, 1.165) is 13.2 Å². The van der Waals surface area contributed by atoms with E-state index < -0.39 is 23.2 Å². The van der Waals surface area contributed by atoms with Crippen LogP contribution in [0.4, 0.5) is 8.78 Å². The smallest absolute Gasteiger partial charge is 0.340 e. The quantitative estimate of drug-likeness (QED) is 0.738. The van der Waals surface area contributed by atoms with Crippen LogP contribution < -0.4 is 5.56 Å². The SMILES string of the molecule is COC(=O)c1cc2nc(-c3ccc(F)cc3)c(=O)[nH]c2cc1F. The molecule has 0 radical (unpaired) electrons. The minimum atomic E-state index is -0.847. The molecule has 0 spiro atoms. The van der Waals surface area contributed by atoms with Gasteiger partial charge in [-0.3, -0.25) is 4.79 Å². The number of ether oxygens (including phenoxy) is 1. The molecule has 1 N–H and O–H groups in total. The van der Waals surface area contributed by atoms with Crippen molar-refractivity contribution in [3.8, 4) is 11.3 Å². The lowest BCUT2D eigenvalue weighted by Gasteiger charge is -2.06. The number of esters is 1. The van der Waals surface area contributed by atoms with Crippen LogP contribution in [-0.4, -0.2) is 23.0 Å². The molecule has 1 aromatic heterocycles. The van der Waals surface area contributed by atoms with E-state index in [0.29, 0.717) is 5.56 Å². The first-order valence-electron chi connectivity index (χ1n) is 6.57. The van der Waals surface area contributed by atoms with Crippen molar-refractivity contribution in [1.82, 2.24) is 9.97 Å². The number of rotatable bonds is 2. The molecule has 0 aliphatic rings. The van der Waals surface area contributed by atoms with Gasteiger partial charge in [0.15, 0.2) is 0 Å². The number of halogens is 2. The Morgan fingerprint density at radius 1 is 1.17 bits per heavy atom. The summed E-state index contributed by atoms with van der Waals surface area (Å²) in [6.07, 6.45) is 0. The van der Waals surface area contributed by atoms with Gasteiger partial charge < -0.3 is 9.72 Å². The van der Waals surface area contributed by atoms with Gasteiger partial charge in [-0.2, -0.15) is 0 Å². The van der Waals surface area contributed by atoms with Gasteiger partial charge in [0.2, 0.25) is 0 Å². The van der Waals surface area contributed by atoms with Gasteiger partial charge in [0.1, 0.15) is 17.3 Å². The largest absolute Gasteiger partial charge is 0.465 e. The molecule has 3 rings (SSSR count). The Hall–Kier alpha value is -3.09. The number of hydrogen-bond acceptors (Lipinski definition) is 4. The second-order valence-electron chi connectivity index (χ2n) is 4.76. The van der Waals surface area contributed by atoms with Gasteiger partial charge in [0.05, 0.1) is 23.7 Å². The summed E-state index contributed by atoms with van der Waals surface area (Å²) in [7, 11) is 1.14. The topological polar surface area (TPSA) is 72.0 Å². The molecule has 0 bridgehead atoms. The molecular weight excluding hydrogens is 306 g/mol. The fourth-order valence-corrected chi connectivity index (χ4v) is 2.18. The monoisotopic (exact) mass is 316 g/mol. The van der Waals surface area contributed by atoms with Crippen LogP contribution in [0.25, 0.3) is 22.3 Å². The molecule has 3 aromatic rings. The van der Waals surface area contributed by atoms with Crippen molar-refractivity contribution >= 4 is 17.0 Å². The predicted octanol–water partition coefficient (Wildman–Crippen LogP) is 2.65. The summed E-state index contributed by atoms with van der Waals surface area (Å²) in [6, 6.07) is 7.41. The number of nitrogens with zero attached hydrogens (tertiary/aromatic N) is 1. The van der Waals surface area contributed by atoms with Crippen LogP contribution in [0.15, 0.2) is 41.2 Å². The second kappa shape index (κ2) is 5.60. The molecule has 116 valence electrons. The normalized spacial score (nSPS) is 10.7. The third-order valence-corrected chi connectivity index (χ3v) is 3.30. The first kappa shape index (κ1) is 14.8. The number of nitrogens with one attached hydrogen (secondary N) is 1. The lowest BCUT2D eigenvalue weighted by molar-refractivity contribution is 0.0595. The Kier molecular flexibility index (Phi) is 3.61. The Balaban J connectivity index is 2.23. The van der Waals surface area contributed by atoms with Crippen LogP contribution in [0.1, 0.15) is 10.4 Å². The van der Waals surface area contributed by atoms with Crippen molar-refractivity contribution in [2.24, 2.45) is 0 Å². The summed E-state index contributed by atoms with van der Waals surface area (Å²) in [5.74, 6) is -2.11. The molecule has 2 aromatic carbocycles. The number of aromatic nitrogens is 2. The molecule has 0 amide bonds. The van der Waals surface area contributed by atoms with Gasteiger partial charge >= 0.3 is 5.97 Å². The average Bonchev–Trinajstić information content (AvgIpc) is 2.54. The molecule has 0 saturated heterocycles. The summed E-state index contributed by atoms with van der Waals surface area (Å²) < 4.78 is 31.3. The van der Waals surface area contributed by atoms with Crippen LogP contribution in [0, 0.1) is 11.6 Å². The van der Waals surface area contributed by atoms with E-state index in [4.69, 9.17) is 0 Å². The van der Waals surface area contributed by atoms with E-state index in [2.05, 4.69) is 14.7 Å². The van der Waals surface area contributed by atoms with Crippen molar-refractivity contribution in [2.45, 2.75) is 0 Å². The van der Waals surface area contributed by atoms with E-state index in [-0.39, 0.29) is 22.3 Å². The molecule has 0 aliphatic heterocycles. The molecule has 5 nitrogen and oxygen atoms in total. The van der Waals surface area contributed by atoms with Crippen molar-refractivity contribution in [2.75, 3.05) is 7.11 Å². The van der Waals surface area contributed by atoms with E-state index in [1.165, 1.54) is 30.3 Å². The van der Waals surface area contributed by atoms with Gasteiger partial charge in [0.25, 0.3) is 5.56 Å². The van der Waals surface area contributed by atoms with E-state index in [9.17, 15) is 18.4 Å². The van der Waals surface area contributed by atoms with E-state index in [1.807, 2.05) is 0 Å². The number of benzene rings is 2. The standard InChI is InChI=1S/C16H10F2N2O3/c1-23-16(22)10-6-12-13(7-11(10)18)20-15(21)14(19-12)8-2-4-9(17)5-3-8/h2-7H,1H3,(H,20,21). The molecular formula is C16H10F2N2O3. The summed E-state index contributed by atoms with van der Waals surface area (Å²) in [4.78, 5) is 30.3.